The molecule has 3 heterocycles. The number of benzene rings is 1. The quantitative estimate of drug-likeness (QED) is 0.894. The molecule has 24 heavy (non-hydrogen) atoms. The lowest BCUT2D eigenvalue weighted by Crippen LogP contribution is -2.30. The van der Waals surface area contributed by atoms with E-state index in [9.17, 15) is 4.79 Å². The monoisotopic (exact) mass is 320 g/mol. The predicted octanol–water partition coefficient (Wildman–Crippen LogP) is 3.01. The highest BCUT2D eigenvalue weighted by molar-refractivity contribution is 5.88. The molecule has 5 heteroatoms. The van der Waals surface area contributed by atoms with E-state index in [1.807, 2.05) is 30.5 Å². The third-order valence-electron chi connectivity index (χ3n) is 4.56. The molecule has 1 aromatic heterocycles. The van der Waals surface area contributed by atoms with Crippen molar-refractivity contribution in [2.24, 2.45) is 0 Å². The van der Waals surface area contributed by atoms with Crippen LogP contribution in [0.5, 0.6) is 0 Å². The van der Waals surface area contributed by atoms with Gasteiger partial charge in [0, 0.05) is 25.8 Å². The summed E-state index contributed by atoms with van der Waals surface area (Å²) in [5.74, 6) is 0.592. The fourth-order valence-corrected chi connectivity index (χ4v) is 3.21. The van der Waals surface area contributed by atoms with E-state index in [1.165, 1.54) is 16.7 Å². The average Bonchev–Trinajstić information content (AvgIpc) is 3.07. The van der Waals surface area contributed by atoms with Gasteiger partial charge in [0.05, 0.1) is 0 Å². The fraction of sp³-hybridized carbons (Fsp3) is 0.263. The molecule has 0 bridgehead atoms. The maximum absolute atomic E-state index is 12.4. The summed E-state index contributed by atoms with van der Waals surface area (Å²) >= 11 is 0. The molecule has 0 unspecified atom stereocenters. The number of anilines is 1. The normalized spacial score (nSPS) is 16.5. The Morgan fingerprint density at radius 1 is 1.12 bits per heavy atom. The zero-order valence-corrected chi connectivity index (χ0v) is 13.5. The first-order valence-electron chi connectivity index (χ1n) is 8.28. The Morgan fingerprint density at radius 3 is 2.54 bits per heavy atom. The summed E-state index contributed by atoms with van der Waals surface area (Å²) < 4.78 is 0. The molecule has 122 valence electrons. The smallest absolute Gasteiger partial charge is 0.316 e. The minimum absolute atomic E-state index is 0.104. The van der Waals surface area contributed by atoms with Crippen LogP contribution in [-0.4, -0.2) is 29.0 Å². The second kappa shape index (κ2) is 6.45. The van der Waals surface area contributed by atoms with Crippen molar-refractivity contribution < 1.29 is 4.79 Å². The molecule has 4 rings (SSSR count). The van der Waals surface area contributed by atoms with E-state index in [0.29, 0.717) is 18.9 Å². The van der Waals surface area contributed by atoms with E-state index < -0.39 is 0 Å². The Morgan fingerprint density at radius 2 is 1.92 bits per heavy atom. The van der Waals surface area contributed by atoms with Crippen LogP contribution in [0.15, 0.2) is 48.7 Å². The Labute approximate surface area is 141 Å². The van der Waals surface area contributed by atoms with E-state index in [1.54, 1.807) is 4.90 Å². The number of pyridine rings is 1. The highest BCUT2D eigenvalue weighted by atomic mass is 16.2. The summed E-state index contributed by atoms with van der Waals surface area (Å²) in [6.07, 6.45) is 5.05. The van der Waals surface area contributed by atoms with Gasteiger partial charge >= 0.3 is 6.03 Å². The van der Waals surface area contributed by atoms with Gasteiger partial charge in [-0.05, 0) is 47.4 Å². The molecule has 0 saturated heterocycles. The van der Waals surface area contributed by atoms with Crippen LogP contribution in [-0.2, 0) is 13.1 Å². The molecule has 0 aliphatic carbocycles. The number of fused-ring (bicyclic) bond motifs is 1. The summed E-state index contributed by atoms with van der Waals surface area (Å²) in [4.78, 5) is 18.6. The minimum atomic E-state index is -0.104. The number of urea groups is 1. The van der Waals surface area contributed by atoms with Crippen molar-refractivity contribution in [3.8, 4) is 0 Å². The molecule has 0 radical (unpaired) electrons. The summed E-state index contributed by atoms with van der Waals surface area (Å²) in [6, 6.07) is 12.0. The van der Waals surface area contributed by atoms with E-state index in [4.69, 9.17) is 0 Å². The molecule has 0 saturated carbocycles. The van der Waals surface area contributed by atoms with Gasteiger partial charge in [0.1, 0.15) is 5.82 Å². The number of carbonyl (C=O) groups excluding carboxylic acids is 1. The molecule has 2 aliphatic heterocycles. The van der Waals surface area contributed by atoms with Gasteiger partial charge in [0.25, 0.3) is 0 Å². The lowest BCUT2D eigenvalue weighted by molar-refractivity contribution is 0.212. The van der Waals surface area contributed by atoms with Crippen LogP contribution in [0.3, 0.4) is 0 Å². The summed E-state index contributed by atoms with van der Waals surface area (Å²) in [6.45, 7) is 3.21. The van der Waals surface area contributed by atoms with Gasteiger partial charge in [0.15, 0.2) is 0 Å². The topological polar surface area (TPSA) is 57.3 Å². The van der Waals surface area contributed by atoms with Gasteiger partial charge in [-0.2, -0.15) is 0 Å². The summed E-state index contributed by atoms with van der Waals surface area (Å²) in [5, 5.41) is 6.19. The minimum Gasteiger partial charge on any atom is -0.316 e. The molecule has 2 aliphatic rings. The Balaban J connectivity index is 1.41. The van der Waals surface area contributed by atoms with Crippen LogP contribution in [0.1, 0.15) is 23.1 Å². The van der Waals surface area contributed by atoms with Crippen molar-refractivity contribution in [3.63, 3.8) is 0 Å². The van der Waals surface area contributed by atoms with Crippen molar-refractivity contribution in [3.05, 3.63) is 65.4 Å². The van der Waals surface area contributed by atoms with E-state index >= 15 is 0 Å². The molecule has 5 nitrogen and oxygen atoms in total. The number of hydrogen-bond acceptors (Lipinski definition) is 3. The predicted molar refractivity (Wildman–Crippen MR) is 94.4 cm³/mol. The number of hydrogen-bond donors (Lipinski definition) is 2. The number of aromatic nitrogens is 1. The number of rotatable bonds is 2. The Hall–Kier alpha value is -2.66. The maximum atomic E-state index is 12.4. The molecule has 2 N–H and O–H groups in total. The van der Waals surface area contributed by atoms with Crippen LogP contribution >= 0.6 is 0 Å². The van der Waals surface area contributed by atoms with Crippen LogP contribution < -0.4 is 10.6 Å². The molecule has 0 atom stereocenters. The summed E-state index contributed by atoms with van der Waals surface area (Å²) in [7, 11) is 0. The van der Waals surface area contributed by atoms with Crippen LogP contribution in [0.4, 0.5) is 10.6 Å². The second-order valence-corrected chi connectivity index (χ2v) is 6.17. The Bertz CT molecular complexity index is 757. The SMILES string of the molecule is O=C(Nc1ccc(C2=CCNCC2)cn1)N1Cc2ccccc2C1. The van der Waals surface area contributed by atoms with Gasteiger partial charge in [-0.3, -0.25) is 5.32 Å². The van der Waals surface area contributed by atoms with Crippen LogP contribution in [0, 0.1) is 0 Å². The van der Waals surface area contributed by atoms with Gasteiger partial charge in [-0.15, -0.1) is 0 Å². The third kappa shape index (κ3) is 3.03. The molecule has 0 spiro atoms. The van der Waals surface area contributed by atoms with Crippen molar-refractivity contribution >= 4 is 17.4 Å². The maximum Gasteiger partial charge on any atom is 0.323 e. The highest BCUT2D eigenvalue weighted by Crippen LogP contribution is 2.23. The second-order valence-electron chi connectivity index (χ2n) is 6.17. The van der Waals surface area contributed by atoms with Crippen molar-refractivity contribution in [1.82, 2.24) is 15.2 Å². The van der Waals surface area contributed by atoms with E-state index in [2.05, 4.69) is 33.8 Å². The lowest BCUT2D eigenvalue weighted by Gasteiger charge is -2.17. The first-order chi connectivity index (χ1) is 11.8. The van der Waals surface area contributed by atoms with Gasteiger partial charge in [0.2, 0.25) is 0 Å². The highest BCUT2D eigenvalue weighted by Gasteiger charge is 2.23. The Kier molecular flexibility index (Phi) is 4.01. The number of nitrogens with zero attached hydrogens (tertiary/aromatic N) is 2. The van der Waals surface area contributed by atoms with Crippen LogP contribution in [0.25, 0.3) is 5.57 Å². The van der Waals surface area contributed by atoms with E-state index in [-0.39, 0.29) is 6.03 Å². The van der Waals surface area contributed by atoms with Gasteiger partial charge < -0.3 is 10.2 Å². The first kappa shape index (κ1) is 14.9. The zero-order valence-electron chi connectivity index (χ0n) is 13.5. The van der Waals surface area contributed by atoms with Crippen molar-refractivity contribution in [2.75, 3.05) is 18.4 Å². The van der Waals surface area contributed by atoms with Gasteiger partial charge in [-0.25, -0.2) is 9.78 Å². The molecule has 1 aromatic carbocycles. The number of nitrogens with one attached hydrogen (secondary N) is 2. The van der Waals surface area contributed by atoms with Crippen LogP contribution in [0.2, 0.25) is 0 Å². The lowest BCUT2D eigenvalue weighted by atomic mass is 10.0. The van der Waals surface area contributed by atoms with Crippen molar-refractivity contribution in [2.45, 2.75) is 19.5 Å². The molecular formula is C19H20N4O. The molecular weight excluding hydrogens is 300 g/mol. The number of carbonyl (C=O) groups is 1. The first-order valence-corrected chi connectivity index (χ1v) is 8.28. The third-order valence-corrected chi connectivity index (χ3v) is 4.56. The largest absolute Gasteiger partial charge is 0.323 e. The van der Waals surface area contributed by atoms with Crippen molar-refractivity contribution in [1.29, 1.82) is 0 Å². The average molecular weight is 320 g/mol. The molecule has 2 amide bonds. The fourth-order valence-electron chi connectivity index (χ4n) is 3.21. The zero-order chi connectivity index (χ0) is 16.4. The standard InChI is InChI=1S/C19H20N4O/c24-19(23-12-16-3-1-2-4-17(16)13-23)22-18-6-5-15(11-21-18)14-7-9-20-10-8-14/h1-7,11,20H,8-10,12-13H2,(H,21,22,24). The summed E-state index contributed by atoms with van der Waals surface area (Å²) in [5.41, 5.74) is 4.87. The number of amides is 2. The van der Waals surface area contributed by atoms with E-state index in [0.717, 1.165) is 25.1 Å². The molecule has 0 fully saturated rings. The molecule has 2 aromatic rings. The van der Waals surface area contributed by atoms with Gasteiger partial charge in [-0.1, -0.05) is 30.3 Å².